The van der Waals surface area contributed by atoms with Crippen molar-refractivity contribution in [2.24, 2.45) is 0 Å². The van der Waals surface area contributed by atoms with Gasteiger partial charge in [0.1, 0.15) is 23.4 Å². The number of cyclic esters (lactones) is 1. The van der Waals surface area contributed by atoms with Crippen molar-refractivity contribution in [2.45, 2.75) is 19.1 Å². The minimum Gasteiger partial charge on any atom is -0.507 e. The van der Waals surface area contributed by atoms with Crippen LogP contribution in [0, 0.1) is 0 Å². The van der Waals surface area contributed by atoms with Gasteiger partial charge in [0.2, 0.25) is 0 Å². The highest BCUT2D eigenvalue weighted by molar-refractivity contribution is 5.95. The molecular weight excluding hydrogens is 466 g/mol. The number of phenolic OH excluding ortho intramolecular Hbond substituents is 1. The van der Waals surface area contributed by atoms with E-state index in [0.29, 0.717) is 60.4 Å². The van der Waals surface area contributed by atoms with Crippen LogP contribution in [-0.4, -0.2) is 60.0 Å². The lowest BCUT2D eigenvalue weighted by Crippen LogP contribution is -2.29. The van der Waals surface area contributed by atoms with Gasteiger partial charge in [-0.15, -0.1) is 0 Å². The molecule has 2 aromatic heterocycles. The van der Waals surface area contributed by atoms with Crippen molar-refractivity contribution >= 4 is 23.6 Å². The summed E-state index contributed by atoms with van der Waals surface area (Å²) >= 11 is 0. The Morgan fingerprint density at radius 2 is 2.11 bits per heavy atom. The zero-order valence-corrected chi connectivity index (χ0v) is 19.6. The van der Waals surface area contributed by atoms with Gasteiger partial charge in [0, 0.05) is 24.4 Å². The molecule has 0 saturated carbocycles. The van der Waals surface area contributed by atoms with Gasteiger partial charge in [0.15, 0.2) is 18.2 Å². The van der Waals surface area contributed by atoms with Crippen LogP contribution in [0.1, 0.15) is 12.0 Å². The van der Waals surface area contributed by atoms with Crippen LogP contribution in [0.5, 0.6) is 17.2 Å². The predicted molar refractivity (Wildman–Crippen MR) is 130 cm³/mol. The van der Waals surface area contributed by atoms with Crippen molar-refractivity contribution in [1.82, 2.24) is 15.3 Å². The number of hydrogen-bond acceptors (Lipinski definition) is 9. The van der Waals surface area contributed by atoms with Crippen molar-refractivity contribution in [2.75, 3.05) is 37.0 Å². The van der Waals surface area contributed by atoms with E-state index in [0.717, 1.165) is 5.56 Å². The van der Waals surface area contributed by atoms with Gasteiger partial charge in [-0.3, -0.25) is 14.7 Å². The quantitative estimate of drug-likeness (QED) is 0.407. The van der Waals surface area contributed by atoms with E-state index < -0.39 is 6.09 Å². The van der Waals surface area contributed by atoms with Crippen LogP contribution in [0.25, 0.3) is 11.3 Å². The fourth-order valence-electron chi connectivity index (χ4n) is 4.04. The van der Waals surface area contributed by atoms with Gasteiger partial charge in [0.25, 0.3) is 5.91 Å². The average Bonchev–Trinajstić information content (AvgIpc) is 3.27. The summed E-state index contributed by atoms with van der Waals surface area (Å²) in [6.45, 7) is 1.47. The molecule has 36 heavy (non-hydrogen) atoms. The second kappa shape index (κ2) is 10.1. The molecule has 0 spiro atoms. The first-order valence-corrected chi connectivity index (χ1v) is 11.4. The largest absolute Gasteiger partial charge is 0.507 e. The van der Waals surface area contributed by atoms with Crippen LogP contribution >= 0.6 is 0 Å². The lowest BCUT2D eigenvalue weighted by Gasteiger charge is -2.19. The Morgan fingerprint density at radius 1 is 1.22 bits per heavy atom. The highest BCUT2D eigenvalue weighted by Crippen LogP contribution is 2.31. The van der Waals surface area contributed by atoms with E-state index in [9.17, 15) is 14.7 Å². The monoisotopic (exact) mass is 491 g/mol. The van der Waals surface area contributed by atoms with Crippen LogP contribution in [0.4, 0.5) is 16.4 Å². The molecule has 1 aromatic carbocycles. The maximum atomic E-state index is 12.4. The number of carbonyl (C=O) groups is 2. The summed E-state index contributed by atoms with van der Waals surface area (Å²) in [5.74, 6) is 1.65. The summed E-state index contributed by atoms with van der Waals surface area (Å²) in [6, 6.07) is 12.2. The fourth-order valence-corrected chi connectivity index (χ4v) is 4.04. The number of ether oxygens (including phenoxy) is 3. The van der Waals surface area contributed by atoms with Crippen molar-refractivity contribution in [3.05, 3.63) is 54.2 Å². The van der Waals surface area contributed by atoms with Gasteiger partial charge in [-0.1, -0.05) is 6.07 Å². The van der Waals surface area contributed by atoms with Crippen LogP contribution in [0.15, 0.2) is 48.7 Å². The molecule has 186 valence electrons. The maximum Gasteiger partial charge on any atom is 0.415 e. The molecule has 2 aliphatic heterocycles. The van der Waals surface area contributed by atoms with Crippen LogP contribution in [0.2, 0.25) is 0 Å². The van der Waals surface area contributed by atoms with Gasteiger partial charge >= 0.3 is 6.09 Å². The molecule has 3 N–H and O–H groups in total. The third kappa shape index (κ3) is 5.01. The molecule has 2 amide bonds. The third-order valence-corrected chi connectivity index (χ3v) is 5.89. The van der Waals surface area contributed by atoms with Gasteiger partial charge in [-0.25, -0.2) is 9.78 Å². The highest BCUT2D eigenvalue weighted by atomic mass is 16.6. The minimum absolute atomic E-state index is 0.0573. The number of rotatable bonds is 8. The lowest BCUT2D eigenvalue weighted by atomic mass is 10.1. The van der Waals surface area contributed by atoms with Gasteiger partial charge in [-0.2, -0.15) is 0 Å². The van der Waals surface area contributed by atoms with Gasteiger partial charge in [0.05, 0.1) is 19.3 Å². The van der Waals surface area contributed by atoms with Crippen LogP contribution < -0.4 is 25.0 Å². The number of hydrogen-bond donors (Lipinski definition) is 3. The molecule has 1 saturated heterocycles. The molecular formula is C25H25N5O6. The number of nitrogens with one attached hydrogen (secondary N) is 2. The smallest absolute Gasteiger partial charge is 0.415 e. The summed E-state index contributed by atoms with van der Waals surface area (Å²) in [5.41, 5.74) is 2.21. The molecule has 3 aromatic rings. The first kappa shape index (κ1) is 23.4. The van der Waals surface area contributed by atoms with Crippen molar-refractivity contribution in [3.8, 4) is 28.5 Å². The number of carbonyl (C=O) groups excluding carboxylic acids is 2. The molecule has 0 bridgehead atoms. The molecule has 0 radical (unpaired) electrons. The summed E-state index contributed by atoms with van der Waals surface area (Å²) < 4.78 is 16.1. The van der Waals surface area contributed by atoms with Crippen molar-refractivity contribution in [3.63, 3.8) is 0 Å². The van der Waals surface area contributed by atoms with Gasteiger partial charge in [-0.05, 0) is 48.9 Å². The lowest BCUT2D eigenvalue weighted by molar-refractivity contribution is -0.118. The van der Waals surface area contributed by atoms with E-state index in [2.05, 4.69) is 20.6 Å². The Hall–Kier alpha value is -4.38. The Kier molecular flexibility index (Phi) is 6.54. The SMILES string of the molecule is COc1ccnc(-c2cc(CNCCC3CN(c4ccc5c(n4)NC(=O)CO5)C(=O)O3)ccc2O)c1. The van der Waals surface area contributed by atoms with Crippen LogP contribution in [0.3, 0.4) is 0 Å². The number of phenols is 1. The zero-order chi connectivity index (χ0) is 25.1. The summed E-state index contributed by atoms with van der Waals surface area (Å²) in [5, 5.41) is 16.3. The second-order valence-corrected chi connectivity index (χ2v) is 8.37. The molecule has 5 rings (SSSR count). The maximum absolute atomic E-state index is 12.4. The minimum atomic E-state index is -0.482. The number of methoxy groups -OCH3 is 1. The summed E-state index contributed by atoms with van der Waals surface area (Å²) in [6.07, 6.45) is 1.46. The van der Waals surface area contributed by atoms with Crippen molar-refractivity contribution in [1.29, 1.82) is 0 Å². The first-order chi connectivity index (χ1) is 17.5. The number of aromatic hydroxyl groups is 1. The Balaban J connectivity index is 1.15. The standard InChI is InChI=1S/C25H25N5O6/c1-34-16-7-9-27-19(11-16)18-10-15(2-3-20(18)31)12-26-8-6-17-13-30(25(33)36-17)22-5-4-21-24(28-22)29-23(32)14-35-21/h2-5,7,9-11,17,26,31H,6,8,12-14H2,1H3,(H,28,29,32). The van der Waals surface area contributed by atoms with E-state index in [-0.39, 0.29) is 24.4 Å². The molecule has 0 aliphatic carbocycles. The normalized spacial score (nSPS) is 16.7. The number of anilines is 2. The molecule has 4 heterocycles. The van der Waals surface area contributed by atoms with E-state index in [1.807, 2.05) is 12.1 Å². The Bertz CT molecular complexity index is 1300. The van der Waals surface area contributed by atoms with E-state index in [4.69, 9.17) is 14.2 Å². The number of aromatic nitrogens is 2. The summed E-state index contributed by atoms with van der Waals surface area (Å²) in [4.78, 5) is 34.1. The molecule has 1 atom stereocenters. The number of fused-ring (bicyclic) bond motifs is 1. The Morgan fingerprint density at radius 3 is 2.97 bits per heavy atom. The Labute approximate surface area is 207 Å². The number of pyridine rings is 2. The molecule has 11 heteroatoms. The van der Waals surface area contributed by atoms with Crippen molar-refractivity contribution < 1.29 is 28.9 Å². The number of benzene rings is 1. The highest BCUT2D eigenvalue weighted by Gasteiger charge is 2.33. The molecule has 1 fully saturated rings. The van der Waals surface area contributed by atoms with E-state index in [1.165, 1.54) is 4.90 Å². The second-order valence-electron chi connectivity index (χ2n) is 8.37. The molecule has 11 nitrogen and oxygen atoms in total. The topological polar surface area (TPSA) is 135 Å². The number of nitrogens with zero attached hydrogens (tertiary/aromatic N) is 3. The number of amides is 2. The molecule has 2 aliphatic rings. The third-order valence-electron chi connectivity index (χ3n) is 5.89. The average molecular weight is 492 g/mol. The fraction of sp³-hybridized carbons (Fsp3) is 0.280. The van der Waals surface area contributed by atoms with Crippen LogP contribution in [-0.2, 0) is 16.1 Å². The van der Waals surface area contributed by atoms with E-state index >= 15 is 0 Å². The van der Waals surface area contributed by atoms with Gasteiger partial charge < -0.3 is 30.0 Å². The van der Waals surface area contributed by atoms with E-state index in [1.54, 1.807) is 43.6 Å². The first-order valence-electron chi connectivity index (χ1n) is 11.4. The zero-order valence-electron chi connectivity index (χ0n) is 19.6. The molecule has 1 unspecified atom stereocenters. The summed E-state index contributed by atoms with van der Waals surface area (Å²) in [7, 11) is 1.58. The predicted octanol–water partition coefficient (Wildman–Crippen LogP) is 2.69.